The molecule has 12 heavy (non-hydrogen) atoms. The Morgan fingerprint density at radius 3 is 1.92 bits per heavy atom. The van der Waals surface area contributed by atoms with Gasteiger partial charge in [-0.25, -0.2) is 0 Å². The van der Waals surface area contributed by atoms with E-state index in [1.807, 2.05) is 0 Å². The highest BCUT2D eigenvalue weighted by Gasteiger charge is 2.15. The van der Waals surface area contributed by atoms with Gasteiger partial charge < -0.3 is 14.4 Å². The molecule has 74 valence electrons. The van der Waals surface area contributed by atoms with Crippen molar-refractivity contribution in [1.82, 2.24) is 14.4 Å². The van der Waals surface area contributed by atoms with Gasteiger partial charge in [0.25, 0.3) is 0 Å². The SMILES string of the molecule is CCN(CC)[SiH](CN(C)C)NC. The van der Waals surface area contributed by atoms with Crippen molar-refractivity contribution < 1.29 is 0 Å². The fourth-order valence-corrected chi connectivity index (χ4v) is 3.75. The molecule has 0 heterocycles. The van der Waals surface area contributed by atoms with E-state index in [9.17, 15) is 0 Å². The minimum absolute atomic E-state index is 0.877. The number of hydrogen-bond acceptors (Lipinski definition) is 3. The number of nitrogens with zero attached hydrogens (tertiary/aromatic N) is 2. The zero-order valence-corrected chi connectivity index (χ0v) is 10.2. The Kier molecular flexibility index (Phi) is 6.65. The second-order valence-corrected chi connectivity index (χ2v) is 5.99. The van der Waals surface area contributed by atoms with E-state index >= 15 is 0 Å². The van der Waals surface area contributed by atoms with Gasteiger partial charge in [-0.2, -0.15) is 0 Å². The Balaban J connectivity index is 3.92. The Morgan fingerprint density at radius 2 is 1.67 bits per heavy atom. The summed E-state index contributed by atoms with van der Waals surface area (Å²) in [6.07, 6.45) is 1.21. The van der Waals surface area contributed by atoms with Crippen LogP contribution in [0.15, 0.2) is 0 Å². The van der Waals surface area contributed by atoms with Crippen LogP contribution in [0.5, 0.6) is 0 Å². The lowest BCUT2D eigenvalue weighted by Crippen LogP contribution is -2.54. The molecule has 0 spiro atoms. The first-order chi connectivity index (χ1) is 5.65. The first-order valence-corrected chi connectivity index (χ1v) is 6.62. The maximum Gasteiger partial charge on any atom is 0.201 e. The third-order valence-electron chi connectivity index (χ3n) is 2.12. The van der Waals surface area contributed by atoms with Gasteiger partial charge in [0.2, 0.25) is 9.12 Å². The predicted molar refractivity (Wildman–Crippen MR) is 57.7 cm³/mol. The molecule has 0 saturated heterocycles. The molecule has 1 N–H and O–H groups in total. The third-order valence-corrected chi connectivity index (χ3v) is 5.48. The smallest absolute Gasteiger partial charge is 0.201 e. The van der Waals surface area contributed by atoms with Crippen LogP contribution >= 0.6 is 0 Å². The molecule has 0 aliphatic heterocycles. The molecular formula is C8H23N3Si. The quantitative estimate of drug-likeness (QED) is 0.587. The molecule has 0 bridgehead atoms. The normalized spacial score (nSPS) is 14.2. The van der Waals surface area contributed by atoms with Gasteiger partial charge in [-0.05, 0) is 34.2 Å². The summed E-state index contributed by atoms with van der Waals surface area (Å²) in [6.45, 7) is 6.80. The topological polar surface area (TPSA) is 18.5 Å². The molecule has 0 saturated carbocycles. The summed E-state index contributed by atoms with van der Waals surface area (Å²) in [4.78, 5) is 5.73. The molecular weight excluding hydrogens is 166 g/mol. The lowest BCUT2D eigenvalue weighted by atomic mass is 10.7. The molecule has 0 amide bonds. The number of nitrogens with one attached hydrogen (secondary N) is 1. The van der Waals surface area contributed by atoms with Crippen molar-refractivity contribution in [2.45, 2.75) is 13.8 Å². The second kappa shape index (κ2) is 6.60. The van der Waals surface area contributed by atoms with Crippen molar-refractivity contribution in [3.05, 3.63) is 0 Å². The van der Waals surface area contributed by atoms with Crippen molar-refractivity contribution in [3.63, 3.8) is 0 Å². The summed E-state index contributed by atoms with van der Waals surface area (Å²) in [7, 11) is 5.48. The Labute approximate surface area is 78.5 Å². The summed E-state index contributed by atoms with van der Waals surface area (Å²) >= 11 is 0. The minimum atomic E-state index is -0.877. The summed E-state index contributed by atoms with van der Waals surface area (Å²) < 4.78 is 2.56. The van der Waals surface area contributed by atoms with Gasteiger partial charge in [0.05, 0.1) is 0 Å². The molecule has 0 aromatic heterocycles. The van der Waals surface area contributed by atoms with Crippen LogP contribution in [0.4, 0.5) is 0 Å². The highest BCUT2D eigenvalue weighted by molar-refractivity contribution is 6.53. The Bertz CT molecular complexity index is 104. The average Bonchev–Trinajstić information content (AvgIpc) is 2.04. The Hall–Kier alpha value is 0.0969. The van der Waals surface area contributed by atoms with Crippen LogP contribution < -0.4 is 4.98 Å². The van der Waals surface area contributed by atoms with E-state index in [1.54, 1.807) is 0 Å². The van der Waals surface area contributed by atoms with Crippen molar-refractivity contribution in [2.24, 2.45) is 0 Å². The molecule has 0 aromatic carbocycles. The van der Waals surface area contributed by atoms with E-state index in [4.69, 9.17) is 0 Å². The average molecular weight is 189 g/mol. The standard InChI is InChI=1S/C8H23N3Si/c1-6-11(7-2)12(9-3)8-10(4)5/h9,12H,6-8H2,1-5H3. The summed E-state index contributed by atoms with van der Waals surface area (Å²) in [6, 6.07) is 0. The van der Waals surface area contributed by atoms with Gasteiger partial charge in [-0.1, -0.05) is 13.8 Å². The summed E-state index contributed by atoms with van der Waals surface area (Å²) in [5.41, 5.74) is 0. The van der Waals surface area contributed by atoms with E-state index in [1.165, 1.54) is 19.3 Å². The lowest BCUT2D eigenvalue weighted by Gasteiger charge is -2.29. The summed E-state index contributed by atoms with van der Waals surface area (Å²) in [5.74, 6) is 0. The van der Waals surface area contributed by atoms with Crippen LogP contribution in [0.3, 0.4) is 0 Å². The van der Waals surface area contributed by atoms with E-state index < -0.39 is 9.12 Å². The van der Waals surface area contributed by atoms with Gasteiger partial charge in [0.15, 0.2) is 0 Å². The van der Waals surface area contributed by atoms with E-state index in [0.29, 0.717) is 0 Å². The monoisotopic (exact) mass is 189 g/mol. The first-order valence-electron chi connectivity index (χ1n) is 4.71. The second-order valence-electron chi connectivity index (χ2n) is 3.29. The molecule has 1 unspecified atom stereocenters. The maximum atomic E-state index is 3.46. The number of hydrogen-bond donors (Lipinski definition) is 1. The zero-order chi connectivity index (χ0) is 9.56. The minimum Gasteiger partial charge on any atom is -0.330 e. The van der Waals surface area contributed by atoms with Crippen LogP contribution in [-0.4, -0.2) is 59.0 Å². The van der Waals surface area contributed by atoms with Crippen molar-refractivity contribution in [1.29, 1.82) is 0 Å². The largest absolute Gasteiger partial charge is 0.330 e. The molecule has 0 rings (SSSR count). The number of rotatable bonds is 6. The molecule has 0 radical (unpaired) electrons. The van der Waals surface area contributed by atoms with Crippen LogP contribution in [-0.2, 0) is 0 Å². The van der Waals surface area contributed by atoms with Gasteiger partial charge in [-0.3, -0.25) is 0 Å². The van der Waals surface area contributed by atoms with Gasteiger partial charge in [-0.15, -0.1) is 0 Å². The first kappa shape index (κ1) is 12.1. The van der Waals surface area contributed by atoms with Crippen LogP contribution in [0.1, 0.15) is 13.8 Å². The molecule has 3 nitrogen and oxygen atoms in total. The summed E-state index contributed by atoms with van der Waals surface area (Å²) in [5, 5.41) is 0. The van der Waals surface area contributed by atoms with E-state index in [2.05, 4.69) is 49.4 Å². The maximum absolute atomic E-state index is 3.46. The molecule has 0 aliphatic rings. The van der Waals surface area contributed by atoms with Crippen LogP contribution in [0.2, 0.25) is 0 Å². The van der Waals surface area contributed by atoms with Crippen molar-refractivity contribution >= 4 is 9.12 Å². The van der Waals surface area contributed by atoms with Crippen LogP contribution in [0.25, 0.3) is 0 Å². The molecule has 0 aromatic rings. The highest BCUT2D eigenvalue weighted by atomic mass is 28.3. The Morgan fingerprint density at radius 1 is 1.17 bits per heavy atom. The highest BCUT2D eigenvalue weighted by Crippen LogP contribution is 1.92. The zero-order valence-electron chi connectivity index (χ0n) is 9.09. The third kappa shape index (κ3) is 4.20. The van der Waals surface area contributed by atoms with E-state index in [0.717, 1.165) is 0 Å². The van der Waals surface area contributed by atoms with Gasteiger partial charge in [0, 0.05) is 6.17 Å². The van der Waals surface area contributed by atoms with Gasteiger partial charge in [0.1, 0.15) is 0 Å². The molecule has 0 aliphatic carbocycles. The van der Waals surface area contributed by atoms with E-state index in [-0.39, 0.29) is 0 Å². The molecule has 4 heteroatoms. The molecule has 1 atom stereocenters. The lowest BCUT2D eigenvalue weighted by molar-refractivity contribution is 0.416. The molecule has 0 fully saturated rings. The fraction of sp³-hybridized carbons (Fsp3) is 1.00. The van der Waals surface area contributed by atoms with Gasteiger partial charge >= 0.3 is 0 Å². The van der Waals surface area contributed by atoms with Crippen LogP contribution in [0, 0.1) is 0 Å². The predicted octanol–water partition coefficient (Wildman–Crippen LogP) is -0.131. The van der Waals surface area contributed by atoms with Crippen molar-refractivity contribution in [2.75, 3.05) is 40.4 Å². The fourth-order valence-electron chi connectivity index (χ4n) is 1.40. The van der Waals surface area contributed by atoms with Crippen molar-refractivity contribution in [3.8, 4) is 0 Å².